The quantitative estimate of drug-likeness (QED) is 0.785. The molecule has 1 atom stereocenters. The Morgan fingerprint density at radius 1 is 1.42 bits per heavy atom. The van der Waals surface area contributed by atoms with E-state index in [9.17, 15) is 4.79 Å². The molecule has 0 aliphatic rings. The van der Waals surface area contributed by atoms with Gasteiger partial charge in [-0.3, -0.25) is 9.78 Å². The summed E-state index contributed by atoms with van der Waals surface area (Å²) < 4.78 is 5.32. The average molecular weight is 252 g/mol. The number of hydrogen-bond acceptors (Lipinski definition) is 4. The van der Waals surface area contributed by atoms with Crippen molar-refractivity contribution in [2.45, 2.75) is 12.8 Å². The van der Waals surface area contributed by atoms with Gasteiger partial charge in [-0.05, 0) is 43.3 Å². The molecule has 2 rings (SSSR count). The van der Waals surface area contributed by atoms with Crippen molar-refractivity contribution in [3.63, 3.8) is 0 Å². The van der Waals surface area contributed by atoms with Gasteiger partial charge in [0, 0.05) is 6.20 Å². The summed E-state index contributed by atoms with van der Waals surface area (Å²) in [4.78, 5) is 16.0. The number of carbonyl (C=O) groups is 1. The van der Waals surface area contributed by atoms with E-state index in [1.54, 1.807) is 36.5 Å². The molecule has 0 amide bonds. The fraction of sp³-hybridized carbons (Fsp3) is 0.133. The highest BCUT2D eigenvalue weighted by molar-refractivity contribution is 5.99. The summed E-state index contributed by atoms with van der Waals surface area (Å²) in [6, 6.07) is 10.7. The minimum Gasteiger partial charge on any atom is -0.462 e. The minimum absolute atomic E-state index is 0.310. The van der Waals surface area contributed by atoms with Crippen LogP contribution in [-0.4, -0.2) is 10.8 Å². The number of allylic oxidation sites excluding steroid dienone is 1. The monoisotopic (exact) mass is 252 g/mol. The van der Waals surface area contributed by atoms with Gasteiger partial charge in [-0.25, -0.2) is 0 Å². The lowest BCUT2D eigenvalue weighted by molar-refractivity contribution is -0.114. The second-order valence-corrected chi connectivity index (χ2v) is 4.00. The van der Waals surface area contributed by atoms with Gasteiger partial charge in [-0.15, -0.1) is 0 Å². The van der Waals surface area contributed by atoms with Crippen LogP contribution in [0.5, 0.6) is 0 Å². The number of carbonyl (C=O) groups excluding carboxylic acids is 1. The highest BCUT2D eigenvalue weighted by Crippen LogP contribution is 2.15. The molecule has 2 heterocycles. The van der Waals surface area contributed by atoms with Crippen LogP contribution in [0, 0.1) is 18.3 Å². The molecule has 0 aliphatic heterocycles. The fourth-order valence-electron chi connectivity index (χ4n) is 1.63. The summed E-state index contributed by atoms with van der Waals surface area (Å²) >= 11 is 0. The summed E-state index contributed by atoms with van der Waals surface area (Å²) in [5.74, 6) is 0.168. The Bertz CT molecular complexity index is 636. The Balaban J connectivity index is 2.15. The SMILES string of the molecule is Cc1ccc(/C=C/C(=O)C(C#N)c2ccccn2)o1. The van der Waals surface area contributed by atoms with Gasteiger partial charge in [-0.1, -0.05) is 6.07 Å². The van der Waals surface area contributed by atoms with E-state index < -0.39 is 5.92 Å². The molecule has 0 spiro atoms. The molecule has 0 saturated carbocycles. The predicted molar refractivity (Wildman–Crippen MR) is 70.1 cm³/mol. The number of nitrogens with zero attached hydrogens (tertiary/aromatic N) is 2. The third kappa shape index (κ3) is 3.17. The van der Waals surface area contributed by atoms with Crippen LogP contribution in [0.1, 0.15) is 23.1 Å². The second kappa shape index (κ2) is 5.78. The van der Waals surface area contributed by atoms with Crippen molar-refractivity contribution in [1.29, 1.82) is 5.26 Å². The van der Waals surface area contributed by atoms with E-state index in [2.05, 4.69) is 4.98 Å². The van der Waals surface area contributed by atoms with Crippen LogP contribution in [0.25, 0.3) is 6.08 Å². The molecule has 0 saturated heterocycles. The third-order valence-electron chi connectivity index (χ3n) is 2.57. The van der Waals surface area contributed by atoms with Crippen LogP contribution in [0.15, 0.2) is 47.0 Å². The zero-order valence-electron chi connectivity index (χ0n) is 10.4. The van der Waals surface area contributed by atoms with E-state index in [0.29, 0.717) is 11.5 Å². The average Bonchev–Trinajstić information content (AvgIpc) is 2.84. The number of pyridine rings is 1. The molecule has 0 aliphatic carbocycles. The van der Waals surface area contributed by atoms with Gasteiger partial charge in [0.25, 0.3) is 0 Å². The lowest BCUT2D eigenvalue weighted by atomic mass is 10.0. The van der Waals surface area contributed by atoms with Crippen LogP contribution in [0.4, 0.5) is 0 Å². The molecule has 2 aromatic heterocycles. The van der Waals surface area contributed by atoms with Crippen molar-refractivity contribution in [3.05, 3.63) is 59.8 Å². The maximum atomic E-state index is 12.0. The van der Waals surface area contributed by atoms with E-state index in [0.717, 1.165) is 5.76 Å². The number of aromatic nitrogens is 1. The van der Waals surface area contributed by atoms with E-state index in [4.69, 9.17) is 9.68 Å². The van der Waals surface area contributed by atoms with Crippen molar-refractivity contribution in [3.8, 4) is 6.07 Å². The Hall–Kier alpha value is -2.67. The fourth-order valence-corrected chi connectivity index (χ4v) is 1.63. The van der Waals surface area contributed by atoms with Crippen molar-refractivity contribution in [2.75, 3.05) is 0 Å². The number of hydrogen-bond donors (Lipinski definition) is 0. The number of furan rings is 1. The second-order valence-electron chi connectivity index (χ2n) is 4.00. The molecule has 0 radical (unpaired) electrons. The number of ketones is 1. The van der Waals surface area contributed by atoms with Crippen molar-refractivity contribution in [2.24, 2.45) is 0 Å². The van der Waals surface area contributed by atoms with Gasteiger partial charge >= 0.3 is 0 Å². The summed E-state index contributed by atoms with van der Waals surface area (Å²) in [7, 11) is 0. The molecule has 4 heteroatoms. The topological polar surface area (TPSA) is 66.9 Å². The predicted octanol–water partition coefficient (Wildman–Crippen LogP) is 2.87. The van der Waals surface area contributed by atoms with Gasteiger partial charge in [0.05, 0.1) is 11.8 Å². The van der Waals surface area contributed by atoms with Crippen LogP contribution in [0.3, 0.4) is 0 Å². The van der Waals surface area contributed by atoms with E-state index in [1.807, 2.05) is 19.1 Å². The first-order valence-electron chi connectivity index (χ1n) is 5.79. The molecule has 0 bridgehead atoms. The van der Waals surface area contributed by atoms with Crippen LogP contribution in [0.2, 0.25) is 0 Å². The Labute approximate surface area is 111 Å². The summed E-state index contributed by atoms with van der Waals surface area (Å²) in [6.07, 6.45) is 4.47. The maximum Gasteiger partial charge on any atom is 0.179 e. The molecule has 0 fully saturated rings. The van der Waals surface area contributed by atoms with E-state index in [-0.39, 0.29) is 5.78 Å². The summed E-state index contributed by atoms with van der Waals surface area (Å²) in [5.41, 5.74) is 0.454. The molecule has 4 nitrogen and oxygen atoms in total. The molecule has 0 N–H and O–H groups in total. The highest BCUT2D eigenvalue weighted by Gasteiger charge is 2.18. The summed E-state index contributed by atoms with van der Waals surface area (Å²) in [5, 5.41) is 9.08. The van der Waals surface area contributed by atoms with Crippen LogP contribution >= 0.6 is 0 Å². The van der Waals surface area contributed by atoms with Gasteiger partial charge in [0.15, 0.2) is 11.7 Å². The third-order valence-corrected chi connectivity index (χ3v) is 2.57. The van der Waals surface area contributed by atoms with E-state index in [1.165, 1.54) is 6.08 Å². The van der Waals surface area contributed by atoms with Gasteiger partial charge < -0.3 is 4.42 Å². The minimum atomic E-state index is -0.881. The van der Waals surface area contributed by atoms with Crippen LogP contribution < -0.4 is 0 Å². The Kier molecular flexibility index (Phi) is 3.89. The van der Waals surface area contributed by atoms with Crippen molar-refractivity contribution < 1.29 is 9.21 Å². The van der Waals surface area contributed by atoms with Crippen molar-refractivity contribution in [1.82, 2.24) is 4.98 Å². The molecule has 1 unspecified atom stereocenters. The largest absolute Gasteiger partial charge is 0.462 e. The first kappa shape index (κ1) is 12.8. The number of nitriles is 1. The first-order chi connectivity index (χ1) is 9.20. The van der Waals surface area contributed by atoms with Gasteiger partial charge in [-0.2, -0.15) is 5.26 Å². The van der Waals surface area contributed by atoms with Gasteiger partial charge in [0.1, 0.15) is 11.5 Å². The zero-order valence-corrected chi connectivity index (χ0v) is 10.4. The molecule has 94 valence electrons. The molecular formula is C15H12N2O2. The van der Waals surface area contributed by atoms with Gasteiger partial charge in [0.2, 0.25) is 0 Å². The van der Waals surface area contributed by atoms with E-state index >= 15 is 0 Å². The Morgan fingerprint density at radius 2 is 2.26 bits per heavy atom. The molecule has 2 aromatic rings. The number of aryl methyl sites for hydroxylation is 1. The number of rotatable bonds is 4. The zero-order chi connectivity index (χ0) is 13.7. The molecule has 19 heavy (non-hydrogen) atoms. The lowest BCUT2D eigenvalue weighted by Gasteiger charge is -2.03. The lowest BCUT2D eigenvalue weighted by Crippen LogP contribution is -2.09. The normalized spacial score (nSPS) is 12.2. The molecule has 0 aromatic carbocycles. The van der Waals surface area contributed by atoms with Crippen LogP contribution in [-0.2, 0) is 4.79 Å². The summed E-state index contributed by atoms with van der Waals surface area (Å²) in [6.45, 7) is 1.82. The smallest absolute Gasteiger partial charge is 0.179 e. The van der Waals surface area contributed by atoms with Crippen molar-refractivity contribution >= 4 is 11.9 Å². The highest BCUT2D eigenvalue weighted by atomic mass is 16.3. The molecular weight excluding hydrogens is 240 g/mol. The Morgan fingerprint density at radius 3 is 2.84 bits per heavy atom. The first-order valence-corrected chi connectivity index (χ1v) is 5.79. The maximum absolute atomic E-state index is 12.0. The standard InChI is InChI=1S/C15H12N2O2/c1-11-5-6-12(19-11)7-8-15(18)13(10-16)14-4-2-3-9-17-14/h2-9,13H,1H3/b8-7+.